The van der Waals surface area contributed by atoms with E-state index in [2.05, 4.69) is 5.32 Å². The summed E-state index contributed by atoms with van der Waals surface area (Å²) in [5.41, 5.74) is -0.847. The van der Waals surface area contributed by atoms with Crippen LogP contribution in [0.4, 0.5) is 0 Å². The molecule has 5 nitrogen and oxygen atoms in total. The van der Waals surface area contributed by atoms with Crippen LogP contribution in [-0.2, 0) is 4.79 Å². The summed E-state index contributed by atoms with van der Waals surface area (Å²) in [4.78, 5) is 11.1. The van der Waals surface area contributed by atoms with E-state index >= 15 is 0 Å². The van der Waals surface area contributed by atoms with Gasteiger partial charge in [-0.05, 0) is 38.5 Å². The Hall–Kier alpha value is -0.585. The Kier molecular flexibility index (Phi) is 4.13. The number of carbonyl (C=O) groups is 1. The molecule has 1 aliphatic heterocycles. The molecule has 0 aromatic carbocycles. The normalized spacial score (nSPS) is 30.5. The van der Waals surface area contributed by atoms with Gasteiger partial charge in [0.1, 0.15) is 5.54 Å². The molecule has 0 radical (unpaired) electrons. The number of hydrogen-bond donors (Lipinski definition) is 4. The van der Waals surface area contributed by atoms with Gasteiger partial charge >= 0.3 is 13.1 Å². The second-order valence-electron chi connectivity index (χ2n) is 4.33. The SMILES string of the molecule is C[C@]1(C(=O)O)NCC[C@H]1CCCB(O)O. The van der Waals surface area contributed by atoms with E-state index < -0.39 is 18.6 Å². The van der Waals surface area contributed by atoms with Gasteiger partial charge in [-0.1, -0.05) is 6.42 Å². The lowest BCUT2D eigenvalue weighted by Crippen LogP contribution is -2.49. The lowest BCUT2D eigenvalue weighted by atomic mass is 9.78. The fourth-order valence-electron chi connectivity index (χ4n) is 2.17. The summed E-state index contributed by atoms with van der Waals surface area (Å²) in [5.74, 6) is -0.747. The number of carboxylic acid groups (broad SMARTS) is 1. The van der Waals surface area contributed by atoms with E-state index in [1.165, 1.54) is 0 Å². The molecular weight excluding hydrogens is 197 g/mol. The largest absolute Gasteiger partial charge is 0.480 e. The van der Waals surface area contributed by atoms with Crippen molar-refractivity contribution in [2.24, 2.45) is 5.92 Å². The van der Waals surface area contributed by atoms with Crippen molar-refractivity contribution in [1.29, 1.82) is 0 Å². The number of hydrogen-bond acceptors (Lipinski definition) is 4. The van der Waals surface area contributed by atoms with Crippen LogP contribution in [0.25, 0.3) is 0 Å². The zero-order chi connectivity index (χ0) is 11.5. The van der Waals surface area contributed by atoms with E-state index in [4.69, 9.17) is 15.2 Å². The maximum atomic E-state index is 11.1. The van der Waals surface area contributed by atoms with Crippen molar-refractivity contribution in [3.63, 3.8) is 0 Å². The minimum absolute atomic E-state index is 0.0775. The number of nitrogens with one attached hydrogen (secondary N) is 1. The van der Waals surface area contributed by atoms with E-state index in [0.29, 0.717) is 19.2 Å². The summed E-state index contributed by atoms with van der Waals surface area (Å²) in [6.45, 7) is 2.41. The molecule has 0 saturated carbocycles. The molecule has 0 unspecified atom stereocenters. The monoisotopic (exact) mass is 215 g/mol. The Bertz CT molecular complexity index is 236. The van der Waals surface area contributed by atoms with E-state index in [0.717, 1.165) is 13.0 Å². The van der Waals surface area contributed by atoms with Crippen LogP contribution in [0, 0.1) is 5.92 Å². The highest BCUT2D eigenvalue weighted by molar-refractivity contribution is 6.40. The maximum absolute atomic E-state index is 11.1. The first-order chi connectivity index (χ1) is 6.97. The molecule has 0 bridgehead atoms. The van der Waals surface area contributed by atoms with Gasteiger partial charge < -0.3 is 20.5 Å². The van der Waals surface area contributed by atoms with E-state index in [1.54, 1.807) is 6.92 Å². The third-order valence-corrected chi connectivity index (χ3v) is 3.26. The van der Waals surface area contributed by atoms with Gasteiger partial charge in [0.05, 0.1) is 0 Å². The van der Waals surface area contributed by atoms with Gasteiger partial charge in [0.25, 0.3) is 0 Å². The molecule has 1 fully saturated rings. The minimum atomic E-state index is -1.28. The summed E-state index contributed by atoms with van der Waals surface area (Å²) < 4.78 is 0. The van der Waals surface area contributed by atoms with Crippen molar-refractivity contribution < 1.29 is 19.9 Å². The molecule has 1 aliphatic rings. The summed E-state index contributed by atoms with van der Waals surface area (Å²) in [5, 5.41) is 29.5. The molecule has 1 saturated heterocycles. The summed E-state index contributed by atoms with van der Waals surface area (Å²) >= 11 is 0. The summed E-state index contributed by atoms with van der Waals surface area (Å²) in [6.07, 6.45) is 2.51. The van der Waals surface area contributed by atoms with Crippen LogP contribution in [-0.4, -0.2) is 40.3 Å². The molecule has 0 spiro atoms. The number of aliphatic carboxylic acids is 1. The highest BCUT2D eigenvalue weighted by Crippen LogP contribution is 2.31. The Balaban J connectivity index is 2.43. The molecule has 0 amide bonds. The average molecular weight is 215 g/mol. The second kappa shape index (κ2) is 4.96. The molecule has 2 atom stereocenters. The van der Waals surface area contributed by atoms with Crippen LogP contribution in [0.1, 0.15) is 26.2 Å². The van der Waals surface area contributed by atoms with Gasteiger partial charge in [-0.15, -0.1) is 0 Å². The molecular formula is C9H18BNO4. The van der Waals surface area contributed by atoms with Crippen molar-refractivity contribution >= 4 is 13.1 Å². The number of carboxylic acids is 1. The minimum Gasteiger partial charge on any atom is -0.480 e. The van der Waals surface area contributed by atoms with Crippen LogP contribution in [0.15, 0.2) is 0 Å². The molecule has 1 rings (SSSR count). The fourth-order valence-corrected chi connectivity index (χ4v) is 2.17. The standard InChI is InChI=1S/C9H18BNO4/c1-9(8(12)13)7(4-6-11-9)3-2-5-10(14)15/h7,11,14-15H,2-6H2,1H3,(H,12,13)/t7-,9+/m1/s1. The zero-order valence-corrected chi connectivity index (χ0v) is 8.94. The molecule has 1 heterocycles. The van der Waals surface area contributed by atoms with Gasteiger partial charge in [-0.2, -0.15) is 0 Å². The Labute approximate surface area is 89.6 Å². The topological polar surface area (TPSA) is 89.8 Å². The fraction of sp³-hybridized carbons (Fsp3) is 0.889. The van der Waals surface area contributed by atoms with Crippen molar-refractivity contribution in [3.8, 4) is 0 Å². The Morgan fingerprint density at radius 3 is 2.80 bits per heavy atom. The van der Waals surface area contributed by atoms with Crippen LogP contribution in [0.3, 0.4) is 0 Å². The first kappa shape index (κ1) is 12.5. The van der Waals surface area contributed by atoms with Crippen molar-refractivity contribution in [2.45, 2.75) is 38.0 Å². The molecule has 86 valence electrons. The van der Waals surface area contributed by atoms with Crippen molar-refractivity contribution in [1.82, 2.24) is 5.32 Å². The lowest BCUT2D eigenvalue weighted by Gasteiger charge is -2.26. The first-order valence-electron chi connectivity index (χ1n) is 5.31. The maximum Gasteiger partial charge on any atom is 0.451 e. The highest BCUT2D eigenvalue weighted by Gasteiger charge is 2.44. The van der Waals surface area contributed by atoms with Gasteiger partial charge in [0.15, 0.2) is 0 Å². The van der Waals surface area contributed by atoms with E-state index in [1.807, 2.05) is 0 Å². The quantitative estimate of drug-likeness (QED) is 0.472. The van der Waals surface area contributed by atoms with Gasteiger partial charge in [-0.25, -0.2) is 0 Å². The smallest absolute Gasteiger partial charge is 0.451 e. The van der Waals surface area contributed by atoms with E-state index in [9.17, 15) is 4.79 Å². The predicted molar refractivity (Wildman–Crippen MR) is 56.4 cm³/mol. The molecule has 6 heteroatoms. The third kappa shape index (κ3) is 2.93. The van der Waals surface area contributed by atoms with Crippen LogP contribution in [0.5, 0.6) is 0 Å². The van der Waals surface area contributed by atoms with Gasteiger partial charge in [-0.3, -0.25) is 4.79 Å². The van der Waals surface area contributed by atoms with E-state index in [-0.39, 0.29) is 5.92 Å². The molecule has 0 aromatic rings. The van der Waals surface area contributed by atoms with Gasteiger partial charge in [0.2, 0.25) is 0 Å². The van der Waals surface area contributed by atoms with Crippen LogP contribution < -0.4 is 5.32 Å². The summed E-state index contributed by atoms with van der Waals surface area (Å²) in [7, 11) is -1.28. The van der Waals surface area contributed by atoms with Crippen molar-refractivity contribution in [3.05, 3.63) is 0 Å². The van der Waals surface area contributed by atoms with Gasteiger partial charge in [0, 0.05) is 0 Å². The predicted octanol–water partition coefficient (Wildman–Crippen LogP) is -0.308. The molecule has 0 aliphatic carbocycles. The molecule has 4 N–H and O–H groups in total. The van der Waals surface area contributed by atoms with Crippen LogP contribution in [0.2, 0.25) is 6.32 Å². The highest BCUT2D eigenvalue weighted by atomic mass is 16.4. The zero-order valence-electron chi connectivity index (χ0n) is 8.94. The average Bonchev–Trinajstić information content (AvgIpc) is 2.49. The van der Waals surface area contributed by atoms with Crippen molar-refractivity contribution in [2.75, 3.05) is 6.54 Å². The Morgan fingerprint density at radius 2 is 2.27 bits per heavy atom. The lowest BCUT2D eigenvalue weighted by molar-refractivity contribution is -0.145. The number of rotatable bonds is 5. The first-order valence-corrected chi connectivity index (χ1v) is 5.31. The molecule has 0 aromatic heterocycles. The second-order valence-corrected chi connectivity index (χ2v) is 4.33. The van der Waals surface area contributed by atoms with Crippen LogP contribution >= 0.6 is 0 Å². The summed E-state index contributed by atoms with van der Waals surface area (Å²) in [6, 6.07) is 0. The third-order valence-electron chi connectivity index (χ3n) is 3.26. The molecule has 15 heavy (non-hydrogen) atoms. The Morgan fingerprint density at radius 1 is 1.60 bits per heavy atom.